The molecule has 122 valence electrons. The Morgan fingerprint density at radius 2 is 1.80 bits per heavy atom. The molecule has 0 saturated heterocycles. The average Bonchev–Trinajstić information content (AvgIpc) is 3.12. The lowest BCUT2D eigenvalue weighted by atomic mass is 10.1. The summed E-state index contributed by atoms with van der Waals surface area (Å²) < 4.78 is 1.68. The minimum Gasteiger partial charge on any atom is -0.290 e. The molecule has 0 spiro atoms. The second-order valence-corrected chi connectivity index (χ2v) is 5.93. The third-order valence-electron chi connectivity index (χ3n) is 4.28. The van der Waals surface area contributed by atoms with E-state index in [1.807, 2.05) is 44.2 Å². The number of nitrogens with zero attached hydrogens (tertiary/aromatic N) is 4. The Morgan fingerprint density at radius 3 is 2.52 bits per heavy atom. The fraction of sp³-hybridized carbons (Fsp3) is 0.100. The quantitative estimate of drug-likeness (QED) is 0.725. The molecule has 5 nitrogen and oxygen atoms in total. The van der Waals surface area contributed by atoms with Crippen LogP contribution in [-0.2, 0) is 4.79 Å². The minimum atomic E-state index is 0.00551. The first-order valence-corrected chi connectivity index (χ1v) is 8.03. The van der Waals surface area contributed by atoms with Gasteiger partial charge >= 0.3 is 0 Å². The van der Waals surface area contributed by atoms with Crippen molar-refractivity contribution in [1.82, 2.24) is 19.8 Å². The van der Waals surface area contributed by atoms with Crippen LogP contribution in [0.25, 0.3) is 23.0 Å². The molecule has 0 unspecified atom stereocenters. The van der Waals surface area contributed by atoms with E-state index < -0.39 is 0 Å². The van der Waals surface area contributed by atoms with Gasteiger partial charge in [-0.3, -0.25) is 9.78 Å². The number of aryl methyl sites for hydroxylation is 2. The molecule has 4 rings (SSSR count). The number of carbonyl (C=O) groups is 1. The van der Waals surface area contributed by atoms with Crippen LogP contribution in [0.1, 0.15) is 11.3 Å². The van der Waals surface area contributed by atoms with Gasteiger partial charge in [-0.05, 0) is 49.8 Å². The van der Waals surface area contributed by atoms with Crippen molar-refractivity contribution in [1.29, 1.82) is 0 Å². The molecule has 0 atom stereocenters. The van der Waals surface area contributed by atoms with Crippen LogP contribution in [-0.4, -0.2) is 25.6 Å². The van der Waals surface area contributed by atoms with Gasteiger partial charge in [-0.1, -0.05) is 24.3 Å². The fourth-order valence-corrected chi connectivity index (χ4v) is 2.84. The molecule has 3 aromatic heterocycles. The van der Waals surface area contributed by atoms with E-state index in [0.29, 0.717) is 0 Å². The number of hydrogen-bond donors (Lipinski definition) is 0. The Hall–Kier alpha value is -3.34. The summed E-state index contributed by atoms with van der Waals surface area (Å²) in [4.78, 5) is 15.7. The third kappa shape index (κ3) is 2.70. The Labute approximate surface area is 144 Å². The predicted molar refractivity (Wildman–Crippen MR) is 96.7 cm³/mol. The van der Waals surface area contributed by atoms with Gasteiger partial charge in [-0.25, -0.2) is 0 Å². The molecule has 0 amide bonds. The number of hydrogen-bond acceptors (Lipinski definition) is 4. The highest BCUT2D eigenvalue weighted by Crippen LogP contribution is 2.16. The Morgan fingerprint density at radius 1 is 1.00 bits per heavy atom. The molecule has 0 fully saturated rings. The van der Waals surface area contributed by atoms with Gasteiger partial charge in [0.05, 0.1) is 16.9 Å². The normalized spacial score (nSPS) is 14.7. The number of carbonyl (C=O) groups excluding carboxylic acids is 1. The average molecular weight is 328 g/mol. The van der Waals surface area contributed by atoms with Gasteiger partial charge in [-0.2, -0.15) is 5.10 Å². The standard InChI is InChI=1S/C20H16N4O/c1-13-14(2)22-24-20(13)17(11-8-15-6-9-16(25)10-7-15)19(23-24)18-5-3-4-12-21-18/h3-12H,1-2H3. The molecule has 0 aromatic carbocycles. The maximum atomic E-state index is 11.3. The number of aromatic nitrogens is 4. The largest absolute Gasteiger partial charge is 0.290 e. The topological polar surface area (TPSA) is 60.1 Å². The number of rotatable bonds is 2. The van der Waals surface area contributed by atoms with Crippen LogP contribution in [0.4, 0.5) is 0 Å². The van der Waals surface area contributed by atoms with Gasteiger partial charge in [0.2, 0.25) is 0 Å². The van der Waals surface area contributed by atoms with E-state index in [4.69, 9.17) is 0 Å². The molecule has 0 bridgehead atoms. The number of pyridine rings is 1. The van der Waals surface area contributed by atoms with Crippen molar-refractivity contribution < 1.29 is 4.79 Å². The molecule has 1 aliphatic rings. The zero-order valence-corrected chi connectivity index (χ0v) is 14.0. The van der Waals surface area contributed by atoms with E-state index in [9.17, 15) is 4.79 Å². The molecule has 3 aromatic rings. The van der Waals surface area contributed by atoms with Crippen molar-refractivity contribution in [3.8, 4) is 11.4 Å². The molecule has 5 heteroatoms. The summed E-state index contributed by atoms with van der Waals surface area (Å²) in [6.45, 7) is 4.02. The number of ketones is 1. The highest BCUT2D eigenvalue weighted by Gasteiger charge is 2.15. The van der Waals surface area contributed by atoms with Crippen LogP contribution in [0.5, 0.6) is 0 Å². The van der Waals surface area contributed by atoms with Crippen LogP contribution in [0.15, 0.2) is 60.3 Å². The zero-order valence-electron chi connectivity index (χ0n) is 14.0. The van der Waals surface area contributed by atoms with E-state index in [-0.39, 0.29) is 5.78 Å². The van der Waals surface area contributed by atoms with Crippen molar-refractivity contribution in [2.45, 2.75) is 13.8 Å². The van der Waals surface area contributed by atoms with E-state index in [1.165, 1.54) is 0 Å². The molecule has 3 heterocycles. The summed E-state index contributed by atoms with van der Waals surface area (Å²) >= 11 is 0. The van der Waals surface area contributed by atoms with Gasteiger partial charge in [0, 0.05) is 17.0 Å². The summed E-state index contributed by atoms with van der Waals surface area (Å²) in [5.74, 6) is 0.00551. The molecule has 1 aliphatic carbocycles. The SMILES string of the molecule is Cc1nn2nc(-c3ccccn3)c(=CC=C3C=CC(=O)C=C3)c2c1C. The van der Waals surface area contributed by atoms with Gasteiger partial charge in [0.15, 0.2) is 5.78 Å². The lowest BCUT2D eigenvalue weighted by Gasteiger charge is -1.97. The zero-order chi connectivity index (χ0) is 17.4. The summed E-state index contributed by atoms with van der Waals surface area (Å²) in [6, 6.07) is 5.76. The first kappa shape index (κ1) is 15.2. The van der Waals surface area contributed by atoms with Crippen LogP contribution >= 0.6 is 0 Å². The molecule has 25 heavy (non-hydrogen) atoms. The first-order chi connectivity index (χ1) is 12.1. The van der Waals surface area contributed by atoms with Gasteiger partial charge in [-0.15, -0.1) is 9.73 Å². The molecule has 0 aliphatic heterocycles. The first-order valence-electron chi connectivity index (χ1n) is 8.03. The second kappa shape index (κ2) is 5.94. The summed E-state index contributed by atoms with van der Waals surface area (Å²) in [6.07, 6.45) is 12.5. The smallest absolute Gasteiger partial charge is 0.178 e. The molecule has 0 saturated carbocycles. The van der Waals surface area contributed by atoms with Gasteiger partial charge in [0.25, 0.3) is 0 Å². The van der Waals surface area contributed by atoms with E-state index in [0.717, 1.165) is 39.0 Å². The summed E-state index contributed by atoms with van der Waals surface area (Å²) in [5.41, 5.74) is 5.60. The maximum Gasteiger partial charge on any atom is 0.178 e. The third-order valence-corrected chi connectivity index (χ3v) is 4.28. The van der Waals surface area contributed by atoms with Crippen LogP contribution in [0.2, 0.25) is 0 Å². The van der Waals surface area contributed by atoms with Crippen LogP contribution in [0.3, 0.4) is 0 Å². The van der Waals surface area contributed by atoms with Crippen LogP contribution in [0, 0.1) is 13.8 Å². The second-order valence-electron chi connectivity index (χ2n) is 5.93. The number of allylic oxidation sites excluding steroid dienone is 6. The van der Waals surface area contributed by atoms with Crippen molar-refractivity contribution in [3.05, 3.63) is 76.8 Å². The fourth-order valence-electron chi connectivity index (χ4n) is 2.84. The van der Waals surface area contributed by atoms with Gasteiger partial charge < -0.3 is 0 Å². The lowest BCUT2D eigenvalue weighted by Crippen LogP contribution is -2.04. The van der Waals surface area contributed by atoms with Crippen molar-refractivity contribution in [2.24, 2.45) is 0 Å². The highest BCUT2D eigenvalue weighted by molar-refractivity contribution is 6.01. The molecule has 0 N–H and O–H groups in total. The van der Waals surface area contributed by atoms with E-state index >= 15 is 0 Å². The van der Waals surface area contributed by atoms with Crippen molar-refractivity contribution >= 4 is 17.4 Å². The molecular formula is C20H16N4O. The van der Waals surface area contributed by atoms with Crippen molar-refractivity contribution in [3.63, 3.8) is 0 Å². The Kier molecular flexibility index (Phi) is 3.61. The maximum absolute atomic E-state index is 11.3. The summed E-state index contributed by atoms with van der Waals surface area (Å²) in [5, 5.41) is 10.1. The molecule has 0 radical (unpaired) electrons. The molecular weight excluding hydrogens is 312 g/mol. The monoisotopic (exact) mass is 328 g/mol. The van der Waals surface area contributed by atoms with E-state index in [1.54, 1.807) is 35.1 Å². The Bertz CT molecular complexity index is 1100. The highest BCUT2D eigenvalue weighted by atomic mass is 16.1. The Balaban J connectivity index is 1.95. The summed E-state index contributed by atoms with van der Waals surface area (Å²) in [7, 11) is 0. The minimum absolute atomic E-state index is 0.00551. The van der Waals surface area contributed by atoms with Crippen molar-refractivity contribution in [2.75, 3.05) is 0 Å². The number of fused-ring (bicyclic) bond motifs is 1. The predicted octanol–water partition coefficient (Wildman–Crippen LogP) is 2.53. The van der Waals surface area contributed by atoms with Gasteiger partial charge in [0.1, 0.15) is 5.69 Å². The van der Waals surface area contributed by atoms with E-state index in [2.05, 4.69) is 15.2 Å². The van der Waals surface area contributed by atoms with Crippen LogP contribution < -0.4 is 5.22 Å². The lowest BCUT2D eigenvalue weighted by molar-refractivity contribution is -0.110.